The van der Waals surface area contributed by atoms with Gasteiger partial charge in [0, 0.05) is 17.6 Å². The molecular weight excluding hydrogens is 222 g/mol. The van der Waals surface area contributed by atoms with Gasteiger partial charge in [-0.1, -0.05) is 0 Å². The number of amides is 1. The summed E-state index contributed by atoms with van der Waals surface area (Å²) in [7, 11) is 0. The molecule has 0 atom stereocenters. The van der Waals surface area contributed by atoms with Crippen LogP contribution in [0.4, 0.5) is 5.82 Å². The number of halogens is 1. The number of nitrogens with zero attached hydrogens (tertiary/aromatic N) is 1. The summed E-state index contributed by atoms with van der Waals surface area (Å²) < 4.78 is 0.895. The van der Waals surface area contributed by atoms with Crippen LogP contribution in [0.15, 0.2) is 22.8 Å². The van der Waals surface area contributed by atoms with Crippen LogP contribution in [0, 0.1) is 0 Å². The van der Waals surface area contributed by atoms with Crippen molar-refractivity contribution >= 4 is 27.7 Å². The van der Waals surface area contributed by atoms with Crippen LogP contribution in [0.25, 0.3) is 0 Å². The zero-order valence-corrected chi connectivity index (χ0v) is 8.26. The molecule has 12 heavy (non-hydrogen) atoms. The van der Waals surface area contributed by atoms with Crippen LogP contribution >= 0.6 is 15.9 Å². The molecule has 4 N–H and O–H groups in total. The van der Waals surface area contributed by atoms with Gasteiger partial charge >= 0.3 is 0 Å². The Kier molecular flexibility index (Phi) is 4.46. The normalized spacial score (nSPS) is 8.50. The van der Waals surface area contributed by atoms with Crippen molar-refractivity contribution in [2.45, 2.75) is 6.92 Å². The molecule has 0 aliphatic carbocycles. The summed E-state index contributed by atoms with van der Waals surface area (Å²) >= 11 is 3.24. The van der Waals surface area contributed by atoms with Crippen LogP contribution < -0.4 is 11.5 Å². The van der Waals surface area contributed by atoms with E-state index in [0.717, 1.165) is 4.47 Å². The van der Waals surface area contributed by atoms with Gasteiger partial charge < -0.3 is 11.5 Å². The van der Waals surface area contributed by atoms with Gasteiger partial charge in [0.2, 0.25) is 5.91 Å². The van der Waals surface area contributed by atoms with Gasteiger partial charge in [-0.25, -0.2) is 4.98 Å². The van der Waals surface area contributed by atoms with E-state index in [0.29, 0.717) is 5.82 Å². The molecular formula is C7H10BrN3O. The lowest BCUT2D eigenvalue weighted by Crippen LogP contribution is -2.06. The molecule has 0 radical (unpaired) electrons. The van der Waals surface area contributed by atoms with Gasteiger partial charge in [0.05, 0.1) is 0 Å². The molecule has 0 saturated heterocycles. The first-order valence-electron chi connectivity index (χ1n) is 3.07. The number of anilines is 1. The minimum atomic E-state index is -0.111. The van der Waals surface area contributed by atoms with Gasteiger partial charge in [-0.3, -0.25) is 4.79 Å². The molecule has 0 aliphatic heterocycles. The fraction of sp³-hybridized carbons (Fsp3) is 0.143. The summed E-state index contributed by atoms with van der Waals surface area (Å²) in [6, 6.07) is 3.55. The van der Waals surface area contributed by atoms with Crippen LogP contribution in [0.2, 0.25) is 0 Å². The predicted octanol–water partition coefficient (Wildman–Crippen LogP) is 1.96. The number of hydrogen-bond acceptors (Lipinski definition) is 3. The number of carbonyl (C=O) groups is 1. The van der Waals surface area contributed by atoms with Crippen molar-refractivity contribution in [1.29, 1.82) is 0 Å². The average Bonchev–Trinajstić information content (AvgIpc) is 1.93. The van der Waals surface area contributed by atoms with Crippen molar-refractivity contribution in [1.82, 2.24) is 11.1 Å². The molecule has 0 fully saturated rings. The van der Waals surface area contributed by atoms with Crippen LogP contribution in [0.1, 0.15) is 6.92 Å². The second kappa shape index (κ2) is 4.84. The first-order chi connectivity index (χ1) is 5.18. The van der Waals surface area contributed by atoms with Gasteiger partial charge in [-0.05, 0) is 28.1 Å². The van der Waals surface area contributed by atoms with Gasteiger partial charge in [-0.2, -0.15) is 0 Å². The SMILES string of the molecule is CC(=O)Nc1ccc(Br)cn1.N. The van der Waals surface area contributed by atoms with E-state index in [1.54, 1.807) is 12.3 Å². The van der Waals surface area contributed by atoms with Crippen molar-refractivity contribution in [3.63, 3.8) is 0 Å². The average molecular weight is 232 g/mol. The highest BCUT2D eigenvalue weighted by Crippen LogP contribution is 2.09. The molecule has 1 amide bonds. The van der Waals surface area contributed by atoms with Crippen LogP contribution in [0.3, 0.4) is 0 Å². The molecule has 0 aliphatic rings. The van der Waals surface area contributed by atoms with Crippen LogP contribution in [-0.2, 0) is 4.79 Å². The molecule has 4 nitrogen and oxygen atoms in total. The maximum atomic E-state index is 10.5. The Bertz CT molecular complexity index is 260. The minimum Gasteiger partial charge on any atom is -0.344 e. The largest absolute Gasteiger partial charge is 0.344 e. The molecule has 0 unspecified atom stereocenters. The summed E-state index contributed by atoms with van der Waals surface area (Å²) in [4.78, 5) is 14.5. The molecule has 0 aromatic carbocycles. The van der Waals surface area contributed by atoms with Gasteiger partial charge in [0.25, 0.3) is 0 Å². The zero-order chi connectivity index (χ0) is 8.27. The molecule has 0 bridgehead atoms. The molecule has 1 aromatic heterocycles. The minimum absolute atomic E-state index is 0. The van der Waals surface area contributed by atoms with Gasteiger partial charge in [0.15, 0.2) is 0 Å². The summed E-state index contributed by atoms with van der Waals surface area (Å²) in [6.07, 6.45) is 1.63. The van der Waals surface area contributed by atoms with E-state index in [-0.39, 0.29) is 12.1 Å². The van der Waals surface area contributed by atoms with Gasteiger partial charge in [0.1, 0.15) is 5.82 Å². The van der Waals surface area contributed by atoms with E-state index in [2.05, 4.69) is 26.2 Å². The lowest BCUT2D eigenvalue weighted by molar-refractivity contribution is -0.114. The number of rotatable bonds is 1. The van der Waals surface area contributed by atoms with Crippen molar-refractivity contribution in [3.8, 4) is 0 Å². The Balaban J connectivity index is 0.00000121. The predicted molar refractivity (Wildman–Crippen MR) is 51.3 cm³/mol. The summed E-state index contributed by atoms with van der Waals surface area (Å²) in [5.74, 6) is 0.459. The van der Waals surface area contributed by atoms with Gasteiger partial charge in [-0.15, -0.1) is 0 Å². The maximum absolute atomic E-state index is 10.5. The fourth-order valence-electron chi connectivity index (χ4n) is 0.630. The van der Waals surface area contributed by atoms with E-state index < -0.39 is 0 Å². The summed E-state index contributed by atoms with van der Waals surface area (Å²) in [5.41, 5.74) is 0. The molecule has 1 rings (SSSR count). The Morgan fingerprint density at radius 1 is 1.58 bits per heavy atom. The molecule has 1 aromatic rings. The van der Waals surface area contributed by atoms with Crippen molar-refractivity contribution in [3.05, 3.63) is 22.8 Å². The highest BCUT2D eigenvalue weighted by molar-refractivity contribution is 9.10. The standard InChI is InChI=1S/C7H7BrN2O.H3N/c1-5(11)10-7-3-2-6(8)4-9-7;/h2-4H,1H3,(H,9,10,11);1H3. The fourth-order valence-corrected chi connectivity index (χ4v) is 0.865. The van der Waals surface area contributed by atoms with E-state index in [1.165, 1.54) is 6.92 Å². The molecule has 0 saturated carbocycles. The number of nitrogens with one attached hydrogen (secondary N) is 1. The Morgan fingerprint density at radius 2 is 2.25 bits per heavy atom. The molecule has 66 valence electrons. The smallest absolute Gasteiger partial charge is 0.222 e. The Hall–Kier alpha value is -0.940. The first kappa shape index (κ1) is 11.1. The zero-order valence-electron chi connectivity index (χ0n) is 6.67. The number of pyridine rings is 1. The van der Waals surface area contributed by atoms with Crippen molar-refractivity contribution in [2.75, 3.05) is 5.32 Å². The summed E-state index contributed by atoms with van der Waals surface area (Å²) in [5, 5.41) is 2.56. The third-order valence-electron chi connectivity index (χ3n) is 1.03. The van der Waals surface area contributed by atoms with Crippen LogP contribution in [0.5, 0.6) is 0 Å². The second-order valence-corrected chi connectivity index (χ2v) is 2.96. The Labute approximate surface area is 79.1 Å². The van der Waals surface area contributed by atoms with Crippen molar-refractivity contribution in [2.24, 2.45) is 0 Å². The van der Waals surface area contributed by atoms with E-state index in [9.17, 15) is 4.79 Å². The quantitative estimate of drug-likeness (QED) is 0.776. The third kappa shape index (κ3) is 3.45. The molecule has 0 spiro atoms. The first-order valence-corrected chi connectivity index (χ1v) is 3.87. The lowest BCUT2D eigenvalue weighted by atomic mass is 10.4. The Morgan fingerprint density at radius 3 is 2.67 bits per heavy atom. The highest BCUT2D eigenvalue weighted by Gasteiger charge is 1.94. The summed E-state index contributed by atoms with van der Waals surface area (Å²) in [6.45, 7) is 1.45. The highest BCUT2D eigenvalue weighted by atomic mass is 79.9. The molecule has 5 heteroatoms. The van der Waals surface area contributed by atoms with E-state index in [4.69, 9.17) is 0 Å². The molecule has 1 heterocycles. The third-order valence-corrected chi connectivity index (χ3v) is 1.50. The van der Waals surface area contributed by atoms with Crippen LogP contribution in [-0.4, -0.2) is 10.9 Å². The number of aromatic nitrogens is 1. The van der Waals surface area contributed by atoms with Crippen molar-refractivity contribution < 1.29 is 4.79 Å². The van der Waals surface area contributed by atoms with E-state index in [1.807, 2.05) is 6.07 Å². The number of hydrogen-bond donors (Lipinski definition) is 2. The maximum Gasteiger partial charge on any atom is 0.222 e. The monoisotopic (exact) mass is 231 g/mol. The number of carbonyl (C=O) groups excluding carboxylic acids is 1. The second-order valence-electron chi connectivity index (χ2n) is 2.04. The van der Waals surface area contributed by atoms with E-state index >= 15 is 0 Å². The topological polar surface area (TPSA) is 77.0 Å². The lowest BCUT2D eigenvalue weighted by Gasteiger charge is -1.98.